The van der Waals surface area contributed by atoms with Crippen molar-refractivity contribution in [2.24, 2.45) is 0 Å². The van der Waals surface area contributed by atoms with Gasteiger partial charge >= 0.3 is 0 Å². The van der Waals surface area contributed by atoms with Crippen LogP contribution in [0.5, 0.6) is 11.6 Å². The summed E-state index contributed by atoms with van der Waals surface area (Å²) in [6.07, 6.45) is 1.48. The minimum atomic E-state index is -0.496. The van der Waals surface area contributed by atoms with Gasteiger partial charge in [-0.3, -0.25) is 0 Å². The topological polar surface area (TPSA) is 31.4 Å². The molecule has 0 bridgehead atoms. The zero-order chi connectivity index (χ0) is 12.8. The van der Waals surface area contributed by atoms with Crippen LogP contribution in [0.15, 0.2) is 47.1 Å². The predicted octanol–water partition coefficient (Wildman–Crippen LogP) is 3.44. The number of rotatable bonds is 5. The maximum atomic E-state index is 13.3. The van der Waals surface area contributed by atoms with Crippen molar-refractivity contribution in [3.63, 3.8) is 0 Å². The van der Waals surface area contributed by atoms with Crippen LogP contribution in [-0.4, -0.2) is 18.2 Å². The molecule has 0 radical (unpaired) electrons. The van der Waals surface area contributed by atoms with Crippen LogP contribution in [0.3, 0.4) is 0 Å². The smallest absolute Gasteiger partial charge is 0.250 e. The van der Waals surface area contributed by atoms with Crippen molar-refractivity contribution in [1.82, 2.24) is 4.98 Å². The minimum absolute atomic E-state index is 0.0186. The number of pyridine rings is 1. The Kier molecular flexibility index (Phi) is 4.52. The monoisotopic (exact) mass is 311 g/mol. The first-order valence-electron chi connectivity index (χ1n) is 5.37. The molecular formula is C13H11BrFNO2. The summed E-state index contributed by atoms with van der Waals surface area (Å²) in [7, 11) is 0. The van der Waals surface area contributed by atoms with Crippen LogP contribution in [0, 0.1) is 5.82 Å². The fourth-order valence-corrected chi connectivity index (χ4v) is 1.63. The van der Waals surface area contributed by atoms with Crippen LogP contribution in [0.1, 0.15) is 0 Å². The van der Waals surface area contributed by atoms with Gasteiger partial charge < -0.3 is 9.47 Å². The molecule has 94 valence electrons. The van der Waals surface area contributed by atoms with E-state index in [0.29, 0.717) is 11.1 Å². The lowest BCUT2D eigenvalue weighted by molar-refractivity contribution is 0.205. The van der Waals surface area contributed by atoms with Gasteiger partial charge in [-0.25, -0.2) is 9.37 Å². The largest absolute Gasteiger partial charge is 0.490 e. The normalized spacial score (nSPS) is 10.1. The SMILES string of the molecule is Fc1cc(Br)cnc1OCCOc1ccccc1. The fraction of sp³-hybridized carbons (Fsp3) is 0.154. The van der Waals surface area contributed by atoms with Gasteiger partial charge in [-0.2, -0.15) is 0 Å². The van der Waals surface area contributed by atoms with Gasteiger partial charge in [0.25, 0.3) is 5.88 Å². The Morgan fingerprint density at radius 2 is 1.83 bits per heavy atom. The average Bonchev–Trinajstić information content (AvgIpc) is 2.38. The van der Waals surface area contributed by atoms with Gasteiger partial charge in [-0.05, 0) is 34.1 Å². The number of hydrogen-bond donors (Lipinski definition) is 0. The lowest BCUT2D eigenvalue weighted by Gasteiger charge is -2.08. The van der Waals surface area contributed by atoms with Gasteiger partial charge in [0.1, 0.15) is 19.0 Å². The molecule has 5 heteroatoms. The molecule has 0 aliphatic carbocycles. The first kappa shape index (κ1) is 12.8. The van der Waals surface area contributed by atoms with Gasteiger partial charge in [-0.1, -0.05) is 18.2 Å². The van der Waals surface area contributed by atoms with E-state index in [-0.39, 0.29) is 12.5 Å². The Bertz CT molecular complexity index is 508. The zero-order valence-corrected chi connectivity index (χ0v) is 11.1. The molecule has 0 atom stereocenters. The minimum Gasteiger partial charge on any atom is -0.490 e. The molecule has 1 heterocycles. The third kappa shape index (κ3) is 3.70. The van der Waals surface area contributed by atoms with E-state index in [1.807, 2.05) is 30.3 Å². The first-order valence-corrected chi connectivity index (χ1v) is 6.17. The molecular weight excluding hydrogens is 301 g/mol. The summed E-state index contributed by atoms with van der Waals surface area (Å²) in [6.45, 7) is 0.571. The number of nitrogens with zero attached hydrogens (tertiary/aromatic N) is 1. The molecule has 0 aliphatic heterocycles. The zero-order valence-electron chi connectivity index (χ0n) is 9.48. The second kappa shape index (κ2) is 6.35. The second-order valence-electron chi connectivity index (χ2n) is 3.45. The third-order valence-corrected chi connectivity index (χ3v) is 2.54. The number of halogens is 2. The molecule has 0 N–H and O–H groups in total. The van der Waals surface area contributed by atoms with Crippen LogP contribution in [0.2, 0.25) is 0 Å². The molecule has 0 unspecified atom stereocenters. The van der Waals surface area contributed by atoms with Gasteiger partial charge in [0.05, 0.1) is 0 Å². The van der Waals surface area contributed by atoms with Crippen LogP contribution >= 0.6 is 15.9 Å². The summed E-state index contributed by atoms with van der Waals surface area (Å²) in [5, 5.41) is 0. The number of aromatic nitrogens is 1. The summed E-state index contributed by atoms with van der Waals surface area (Å²) in [6, 6.07) is 10.7. The Morgan fingerprint density at radius 3 is 2.56 bits per heavy atom. The van der Waals surface area contributed by atoms with Crippen molar-refractivity contribution < 1.29 is 13.9 Å². The molecule has 2 aromatic rings. The van der Waals surface area contributed by atoms with Crippen LogP contribution in [0.4, 0.5) is 4.39 Å². The van der Waals surface area contributed by atoms with Crippen molar-refractivity contribution >= 4 is 15.9 Å². The van der Waals surface area contributed by atoms with Crippen molar-refractivity contribution in [2.75, 3.05) is 13.2 Å². The second-order valence-corrected chi connectivity index (χ2v) is 4.37. The molecule has 0 saturated carbocycles. The van der Waals surface area contributed by atoms with Crippen molar-refractivity contribution in [2.45, 2.75) is 0 Å². The highest BCUT2D eigenvalue weighted by molar-refractivity contribution is 9.10. The van der Waals surface area contributed by atoms with E-state index in [4.69, 9.17) is 9.47 Å². The molecule has 1 aromatic heterocycles. The lowest BCUT2D eigenvalue weighted by atomic mass is 10.3. The Labute approximate surface area is 113 Å². The van der Waals surface area contributed by atoms with Gasteiger partial charge in [-0.15, -0.1) is 0 Å². The van der Waals surface area contributed by atoms with E-state index in [0.717, 1.165) is 5.75 Å². The average molecular weight is 312 g/mol. The summed E-state index contributed by atoms with van der Waals surface area (Å²) in [5.74, 6) is 0.240. The molecule has 18 heavy (non-hydrogen) atoms. The quantitative estimate of drug-likeness (QED) is 0.793. The number of ether oxygens (including phenoxy) is 2. The molecule has 0 amide bonds. The van der Waals surface area contributed by atoms with E-state index in [1.165, 1.54) is 12.3 Å². The Morgan fingerprint density at radius 1 is 1.11 bits per heavy atom. The summed E-state index contributed by atoms with van der Waals surface area (Å²) in [4.78, 5) is 3.82. The molecule has 0 aliphatic rings. The molecule has 0 saturated heterocycles. The number of hydrogen-bond acceptors (Lipinski definition) is 3. The van der Waals surface area contributed by atoms with Crippen molar-refractivity contribution in [1.29, 1.82) is 0 Å². The van der Waals surface area contributed by atoms with Crippen molar-refractivity contribution in [3.8, 4) is 11.6 Å². The van der Waals surface area contributed by atoms with E-state index >= 15 is 0 Å². The molecule has 3 nitrogen and oxygen atoms in total. The maximum absolute atomic E-state index is 13.3. The van der Waals surface area contributed by atoms with Gasteiger partial charge in [0.2, 0.25) is 0 Å². The van der Waals surface area contributed by atoms with E-state index in [1.54, 1.807) is 0 Å². The highest BCUT2D eigenvalue weighted by Gasteiger charge is 2.05. The Balaban J connectivity index is 1.79. The third-order valence-electron chi connectivity index (χ3n) is 2.11. The predicted molar refractivity (Wildman–Crippen MR) is 69.3 cm³/mol. The van der Waals surface area contributed by atoms with Crippen LogP contribution in [0.25, 0.3) is 0 Å². The Hall–Kier alpha value is -1.62. The molecule has 0 fully saturated rings. The van der Waals surface area contributed by atoms with Gasteiger partial charge in [0.15, 0.2) is 5.82 Å². The summed E-state index contributed by atoms with van der Waals surface area (Å²) >= 11 is 3.13. The number of benzene rings is 1. The highest BCUT2D eigenvalue weighted by atomic mass is 79.9. The van der Waals surface area contributed by atoms with Crippen molar-refractivity contribution in [3.05, 3.63) is 52.9 Å². The summed E-state index contributed by atoms with van der Waals surface area (Å²) in [5.41, 5.74) is 0. The lowest BCUT2D eigenvalue weighted by Crippen LogP contribution is -2.10. The first-order chi connectivity index (χ1) is 8.75. The van der Waals surface area contributed by atoms with E-state index < -0.39 is 5.82 Å². The molecule has 0 spiro atoms. The number of para-hydroxylation sites is 1. The van der Waals surface area contributed by atoms with E-state index in [2.05, 4.69) is 20.9 Å². The maximum Gasteiger partial charge on any atom is 0.250 e. The van der Waals surface area contributed by atoms with Gasteiger partial charge in [0, 0.05) is 10.7 Å². The molecule has 2 rings (SSSR count). The van der Waals surface area contributed by atoms with E-state index in [9.17, 15) is 4.39 Å². The van der Waals surface area contributed by atoms with Crippen LogP contribution in [-0.2, 0) is 0 Å². The molecule has 1 aromatic carbocycles. The van der Waals surface area contributed by atoms with Crippen LogP contribution < -0.4 is 9.47 Å². The highest BCUT2D eigenvalue weighted by Crippen LogP contribution is 2.17. The standard InChI is InChI=1S/C13H11BrFNO2/c14-10-8-12(15)13(16-9-10)18-7-6-17-11-4-2-1-3-5-11/h1-5,8-9H,6-7H2. The fourth-order valence-electron chi connectivity index (χ4n) is 1.32. The summed E-state index contributed by atoms with van der Waals surface area (Å²) < 4.78 is 24.5.